The maximum absolute atomic E-state index is 10.8. The first-order valence-electron chi connectivity index (χ1n) is 3.03. The molecule has 0 atom stereocenters. The summed E-state index contributed by atoms with van der Waals surface area (Å²) in [6.07, 6.45) is 0. The van der Waals surface area contributed by atoms with Gasteiger partial charge in [0.25, 0.3) is 5.69 Å². The van der Waals surface area contributed by atoms with Crippen LogP contribution in [0.2, 0.25) is 0 Å². The zero-order valence-corrected chi connectivity index (χ0v) is 5.90. The molecule has 0 unspecified atom stereocenters. The molecular formula is C7H6NO3-. The number of nitrogens with zero attached hydrogens (tertiary/aromatic N) is 1. The number of aryl methyl sites for hydroxylation is 1. The van der Waals surface area contributed by atoms with Crippen molar-refractivity contribution in [3.05, 3.63) is 33.9 Å². The molecule has 0 aliphatic heterocycles. The van der Waals surface area contributed by atoms with Crippen molar-refractivity contribution in [1.29, 1.82) is 0 Å². The molecule has 1 rings (SSSR count). The van der Waals surface area contributed by atoms with Crippen LogP contribution in [-0.2, 0) is 0 Å². The lowest BCUT2D eigenvalue weighted by molar-refractivity contribution is -0.398. The Morgan fingerprint density at radius 1 is 1.45 bits per heavy atom. The number of benzene rings is 1. The summed E-state index contributed by atoms with van der Waals surface area (Å²) in [6.45, 7) is 1.70. The van der Waals surface area contributed by atoms with E-state index in [-0.39, 0.29) is 5.69 Å². The second-order valence-corrected chi connectivity index (χ2v) is 2.23. The highest BCUT2D eigenvalue weighted by molar-refractivity contribution is 5.46. The van der Waals surface area contributed by atoms with Gasteiger partial charge in [0.15, 0.2) is 0 Å². The first kappa shape index (κ1) is 7.53. The second kappa shape index (κ2) is 2.57. The van der Waals surface area contributed by atoms with E-state index in [0.717, 1.165) is 5.56 Å². The van der Waals surface area contributed by atoms with Crippen molar-refractivity contribution in [2.24, 2.45) is 0 Å². The van der Waals surface area contributed by atoms with Crippen LogP contribution in [0.5, 0.6) is 5.75 Å². The molecule has 0 saturated heterocycles. The van der Waals surface area contributed by atoms with Crippen molar-refractivity contribution >= 4 is 5.69 Å². The summed E-state index contributed by atoms with van der Waals surface area (Å²) in [7, 11) is 0. The Morgan fingerprint density at radius 3 is 2.55 bits per heavy atom. The van der Waals surface area contributed by atoms with Crippen LogP contribution in [-0.4, -0.2) is 4.92 Å². The Labute approximate surface area is 63.2 Å². The first-order valence-corrected chi connectivity index (χ1v) is 3.03. The van der Waals surface area contributed by atoms with E-state index in [4.69, 9.17) is 0 Å². The predicted octanol–water partition coefficient (Wildman–Crippen LogP) is 0.977. The normalized spacial score (nSPS) is 9.55. The molecule has 0 aliphatic rings. The van der Waals surface area contributed by atoms with Gasteiger partial charge in [0.1, 0.15) is 0 Å². The van der Waals surface area contributed by atoms with E-state index in [2.05, 4.69) is 0 Å². The maximum Gasteiger partial charge on any atom is 0.261 e. The molecule has 0 fully saturated rings. The molecule has 4 nitrogen and oxygen atoms in total. The Morgan fingerprint density at radius 2 is 2.09 bits per heavy atom. The molecule has 0 saturated carbocycles. The van der Waals surface area contributed by atoms with E-state index in [1.165, 1.54) is 12.1 Å². The minimum absolute atomic E-state index is 0.356. The van der Waals surface area contributed by atoms with Gasteiger partial charge in [-0.25, -0.2) is 0 Å². The van der Waals surface area contributed by atoms with Crippen LogP contribution in [0.25, 0.3) is 0 Å². The van der Waals surface area contributed by atoms with Gasteiger partial charge in [0, 0.05) is 6.07 Å². The van der Waals surface area contributed by atoms with Gasteiger partial charge in [-0.2, -0.15) is 0 Å². The summed E-state index contributed by atoms with van der Waals surface area (Å²) in [6, 6.07) is 4.02. The van der Waals surface area contributed by atoms with Crippen LogP contribution in [0.4, 0.5) is 5.69 Å². The highest BCUT2D eigenvalue weighted by Crippen LogP contribution is 2.22. The van der Waals surface area contributed by atoms with Crippen LogP contribution < -0.4 is 5.11 Å². The molecule has 0 bridgehead atoms. The molecule has 0 radical (unpaired) electrons. The second-order valence-electron chi connectivity index (χ2n) is 2.23. The van der Waals surface area contributed by atoms with Crippen LogP contribution >= 0.6 is 0 Å². The Bertz CT molecular complexity index is 296. The minimum Gasteiger partial charge on any atom is -0.868 e. The van der Waals surface area contributed by atoms with E-state index in [1.807, 2.05) is 0 Å². The summed E-state index contributed by atoms with van der Waals surface area (Å²) in [5, 5.41) is 21.0. The van der Waals surface area contributed by atoms with Gasteiger partial charge in [-0.05, 0) is 18.2 Å². The van der Waals surface area contributed by atoms with E-state index >= 15 is 0 Å². The molecule has 1 aromatic carbocycles. The molecular weight excluding hydrogens is 146 g/mol. The summed E-state index contributed by atoms with van der Waals surface area (Å²) >= 11 is 0. The average Bonchev–Trinajstić information content (AvgIpc) is 1.94. The Hall–Kier alpha value is -1.58. The SMILES string of the molecule is Cc1ccc([O-])c([N+](=O)[O-])c1. The molecule has 0 aromatic heterocycles. The largest absolute Gasteiger partial charge is 0.868 e. The van der Waals surface area contributed by atoms with E-state index in [1.54, 1.807) is 13.0 Å². The molecule has 4 heteroatoms. The zero-order valence-electron chi connectivity index (χ0n) is 5.90. The molecule has 0 amide bonds. The van der Waals surface area contributed by atoms with Crippen molar-refractivity contribution in [2.75, 3.05) is 0 Å². The van der Waals surface area contributed by atoms with Crippen molar-refractivity contribution in [3.63, 3.8) is 0 Å². The first-order chi connectivity index (χ1) is 5.11. The molecule has 0 N–H and O–H groups in total. The number of rotatable bonds is 1. The topological polar surface area (TPSA) is 66.2 Å². The highest BCUT2D eigenvalue weighted by Gasteiger charge is 2.04. The average molecular weight is 152 g/mol. The third-order valence-electron chi connectivity index (χ3n) is 1.31. The van der Waals surface area contributed by atoms with Crippen molar-refractivity contribution in [2.45, 2.75) is 6.92 Å². The fraction of sp³-hybridized carbons (Fsp3) is 0.143. The lowest BCUT2D eigenvalue weighted by atomic mass is 10.2. The minimum atomic E-state index is -0.671. The fourth-order valence-corrected chi connectivity index (χ4v) is 0.770. The van der Waals surface area contributed by atoms with Crippen LogP contribution in [0.15, 0.2) is 18.2 Å². The number of nitro benzene ring substituents is 1. The van der Waals surface area contributed by atoms with Gasteiger partial charge in [0.2, 0.25) is 0 Å². The quantitative estimate of drug-likeness (QED) is 0.445. The van der Waals surface area contributed by atoms with E-state index in [0.29, 0.717) is 0 Å². The number of nitro groups is 1. The Kier molecular flexibility index (Phi) is 1.76. The zero-order chi connectivity index (χ0) is 8.43. The third-order valence-corrected chi connectivity index (χ3v) is 1.31. The highest BCUT2D eigenvalue weighted by atomic mass is 16.6. The Balaban J connectivity index is 3.23. The fourth-order valence-electron chi connectivity index (χ4n) is 0.770. The molecule has 0 spiro atoms. The summed E-state index contributed by atoms with van der Waals surface area (Å²) < 4.78 is 0. The summed E-state index contributed by atoms with van der Waals surface area (Å²) in [5.41, 5.74) is 0.362. The van der Waals surface area contributed by atoms with Gasteiger partial charge in [-0.3, -0.25) is 10.1 Å². The van der Waals surface area contributed by atoms with Crippen LogP contribution in [0.3, 0.4) is 0 Å². The summed E-state index contributed by atoms with van der Waals surface area (Å²) in [4.78, 5) is 9.51. The summed E-state index contributed by atoms with van der Waals surface area (Å²) in [5.74, 6) is -0.541. The standard InChI is InChI=1S/C7H7NO3/c1-5-2-3-7(9)6(4-5)8(10)11/h2-4,9H,1H3/p-1. The monoisotopic (exact) mass is 152 g/mol. The van der Waals surface area contributed by atoms with Crippen molar-refractivity contribution < 1.29 is 10.0 Å². The molecule has 1 aromatic rings. The van der Waals surface area contributed by atoms with Crippen LogP contribution in [0, 0.1) is 17.0 Å². The van der Waals surface area contributed by atoms with Gasteiger partial charge < -0.3 is 5.11 Å². The van der Waals surface area contributed by atoms with E-state index in [9.17, 15) is 15.2 Å². The molecule has 0 heterocycles. The van der Waals surface area contributed by atoms with Gasteiger partial charge in [0.05, 0.1) is 4.92 Å². The molecule has 0 aliphatic carbocycles. The molecule has 58 valence electrons. The lowest BCUT2D eigenvalue weighted by Crippen LogP contribution is -1.97. The maximum atomic E-state index is 10.8. The van der Waals surface area contributed by atoms with Crippen LogP contribution in [0.1, 0.15) is 5.56 Å². The third kappa shape index (κ3) is 1.46. The van der Waals surface area contributed by atoms with Crippen molar-refractivity contribution in [3.8, 4) is 5.75 Å². The van der Waals surface area contributed by atoms with Gasteiger partial charge >= 0.3 is 0 Å². The lowest BCUT2D eigenvalue weighted by Gasteiger charge is -2.05. The van der Waals surface area contributed by atoms with Crippen molar-refractivity contribution in [1.82, 2.24) is 0 Å². The number of hydrogen-bond acceptors (Lipinski definition) is 3. The predicted molar refractivity (Wildman–Crippen MR) is 37.3 cm³/mol. The van der Waals surface area contributed by atoms with E-state index < -0.39 is 10.7 Å². The van der Waals surface area contributed by atoms with Gasteiger partial charge in [-0.15, -0.1) is 0 Å². The smallest absolute Gasteiger partial charge is 0.261 e. The van der Waals surface area contributed by atoms with Gasteiger partial charge in [-0.1, -0.05) is 12.1 Å². The number of hydrogen-bond donors (Lipinski definition) is 0. The molecule has 11 heavy (non-hydrogen) atoms.